The molecule has 0 spiro atoms. The van der Waals surface area contributed by atoms with E-state index in [1.807, 2.05) is 0 Å². The summed E-state index contributed by atoms with van der Waals surface area (Å²) in [5.41, 5.74) is -0.170. The number of halogens is 4. The van der Waals surface area contributed by atoms with Crippen molar-refractivity contribution in [1.29, 1.82) is 0 Å². The van der Waals surface area contributed by atoms with Crippen molar-refractivity contribution in [3.05, 3.63) is 75.8 Å². The molecule has 0 radical (unpaired) electrons. The average Bonchev–Trinajstić information content (AvgIpc) is 3.14. The van der Waals surface area contributed by atoms with Crippen LogP contribution in [0.5, 0.6) is 0 Å². The number of esters is 1. The number of anilines is 2. The second-order valence-corrected chi connectivity index (χ2v) is 7.38. The maximum atomic E-state index is 13.0. The Bertz CT molecular complexity index is 1070. The number of amides is 1. The van der Waals surface area contributed by atoms with Crippen molar-refractivity contribution in [2.75, 3.05) is 4.90 Å². The van der Waals surface area contributed by atoms with Gasteiger partial charge in [-0.1, -0.05) is 17.7 Å². The monoisotopic (exact) mass is 454 g/mol. The maximum absolute atomic E-state index is 13.0. The van der Waals surface area contributed by atoms with Gasteiger partial charge in [0.1, 0.15) is 6.61 Å². The van der Waals surface area contributed by atoms with E-state index in [9.17, 15) is 22.8 Å². The molecule has 3 rings (SSSR count). The van der Waals surface area contributed by atoms with Crippen LogP contribution in [0.2, 0.25) is 5.02 Å². The Morgan fingerprint density at radius 3 is 2.50 bits per heavy atom. The van der Waals surface area contributed by atoms with E-state index < -0.39 is 23.6 Å². The molecule has 0 atom stereocenters. The molecule has 0 aliphatic carbocycles. The van der Waals surface area contributed by atoms with Gasteiger partial charge in [0.25, 0.3) is 0 Å². The van der Waals surface area contributed by atoms with Gasteiger partial charge < -0.3 is 4.74 Å². The highest BCUT2D eigenvalue weighted by Crippen LogP contribution is 2.35. The van der Waals surface area contributed by atoms with Crippen molar-refractivity contribution in [2.24, 2.45) is 0 Å². The topological polar surface area (TPSA) is 59.5 Å². The minimum atomic E-state index is -4.54. The Morgan fingerprint density at radius 2 is 1.87 bits per heavy atom. The minimum absolute atomic E-state index is 0.0383. The largest absolute Gasteiger partial charge is 0.456 e. The molecule has 1 heterocycles. The summed E-state index contributed by atoms with van der Waals surface area (Å²) in [5, 5.41) is 2.21. The number of aromatic nitrogens is 1. The molecule has 0 aliphatic rings. The lowest BCUT2D eigenvalue weighted by Gasteiger charge is -2.19. The molecule has 0 N–H and O–H groups in total. The van der Waals surface area contributed by atoms with Gasteiger partial charge >= 0.3 is 12.1 Å². The molecule has 0 unspecified atom stereocenters. The fraction of sp³-hybridized carbons (Fsp3) is 0.150. The van der Waals surface area contributed by atoms with Crippen molar-refractivity contribution in [3.8, 4) is 0 Å². The molecular weight excluding hydrogens is 441 g/mol. The zero-order valence-corrected chi connectivity index (χ0v) is 17.0. The Kier molecular flexibility index (Phi) is 6.42. The van der Waals surface area contributed by atoms with Gasteiger partial charge in [0.2, 0.25) is 5.91 Å². The summed E-state index contributed by atoms with van der Waals surface area (Å²) in [4.78, 5) is 29.5. The van der Waals surface area contributed by atoms with Crippen LogP contribution in [0, 0.1) is 0 Å². The summed E-state index contributed by atoms with van der Waals surface area (Å²) in [6, 6.07) is 10.5. The molecule has 1 amide bonds. The fourth-order valence-electron chi connectivity index (χ4n) is 2.52. The minimum Gasteiger partial charge on any atom is -0.456 e. The van der Waals surface area contributed by atoms with E-state index in [2.05, 4.69) is 4.98 Å². The Balaban J connectivity index is 1.76. The summed E-state index contributed by atoms with van der Waals surface area (Å²) < 4.78 is 44.2. The predicted molar refractivity (Wildman–Crippen MR) is 107 cm³/mol. The standard InChI is InChI=1S/C20H14ClF3N2O3S/c1-12(27)26(17-4-2-3-14(9-17)20(22,23)24)19-25-16(11-30-19)10-29-18(28)13-5-7-15(21)8-6-13/h2-9,11H,10H2,1H3. The SMILES string of the molecule is CC(=O)N(c1cccc(C(F)(F)F)c1)c1nc(COC(=O)c2ccc(Cl)cc2)cs1. The van der Waals surface area contributed by atoms with Crippen LogP contribution in [-0.4, -0.2) is 16.9 Å². The quantitative estimate of drug-likeness (QED) is 0.453. The van der Waals surface area contributed by atoms with E-state index in [1.54, 1.807) is 17.5 Å². The Hall–Kier alpha value is -2.91. The zero-order valence-electron chi connectivity index (χ0n) is 15.4. The van der Waals surface area contributed by atoms with E-state index in [1.165, 1.54) is 31.2 Å². The van der Waals surface area contributed by atoms with Crippen molar-refractivity contribution in [1.82, 2.24) is 4.98 Å². The molecule has 1 aromatic heterocycles. The van der Waals surface area contributed by atoms with Crippen molar-refractivity contribution in [2.45, 2.75) is 19.7 Å². The molecular formula is C20H14ClF3N2O3S. The van der Waals surface area contributed by atoms with Gasteiger partial charge in [-0.2, -0.15) is 13.2 Å². The van der Waals surface area contributed by atoms with Gasteiger partial charge in [-0.25, -0.2) is 9.78 Å². The van der Waals surface area contributed by atoms with E-state index in [0.717, 1.165) is 28.4 Å². The number of rotatable bonds is 5. The molecule has 2 aromatic carbocycles. The van der Waals surface area contributed by atoms with Crippen LogP contribution >= 0.6 is 22.9 Å². The first-order chi connectivity index (χ1) is 14.1. The third-order valence-corrected chi connectivity index (χ3v) is 5.04. The number of ether oxygens (including phenoxy) is 1. The number of alkyl halides is 3. The molecule has 30 heavy (non-hydrogen) atoms. The first-order valence-electron chi connectivity index (χ1n) is 8.50. The number of carbonyl (C=O) groups excluding carboxylic acids is 2. The van der Waals surface area contributed by atoms with Crippen LogP contribution in [0.15, 0.2) is 53.9 Å². The molecule has 3 aromatic rings. The van der Waals surface area contributed by atoms with Gasteiger partial charge in [0.15, 0.2) is 5.13 Å². The molecule has 0 saturated carbocycles. The highest BCUT2D eigenvalue weighted by atomic mass is 35.5. The molecule has 10 heteroatoms. The van der Waals surface area contributed by atoms with Crippen molar-refractivity contribution < 1.29 is 27.5 Å². The van der Waals surface area contributed by atoms with E-state index in [0.29, 0.717) is 16.3 Å². The van der Waals surface area contributed by atoms with Crippen LogP contribution in [0.4, 0.5) is 24.0 Å². The van der Waals surface area contributed by atoms with Crippen molar-refractivity contribution >= 4 is 45.6 Å². The number of hydrogen-bond acceptors (Lipinski definition) is 5. The van der Waals surface area contributed by atoms with Gasteiger partial charge in [0, 0.05) is 17.3 Å². The van der Waals surface area contributed by atoms with Crippen LogP contribution in [0.25, 0.3) is 0 Å². The van der Waals surface area contributed by atoms with E-state index >= 15 is 0 Å². The lowest BCUT2D eigenvalue weighted by atomic mass is 10.2. The van der Waals surface area contributed by atoms with Crippen LogP contribution in [-0.2, 0) is 22.3 Å². The number of carbonyl (C=O) groups is 2. The smallest absolute Gasteiger partial charge is 0.416 e. The van der Waals surface area contributed by atoms with Crippen LogP contribution < -0.4 is 4.90 Å². The third kappa shape index (κ3) is 5.17. The highest BCUT2D eigenvalue weighted by Gasteiger charge is 2.31. The lowest BCUT2D eigenvalue weighted by Crippen LogP contribution is -2.23. The first-order valence-corrected chi connectivity index (χ1v) is 9.76. The highest BCUT2D eigenvalue weighted by molar-refractivity contribution is 7.14. The summed E-state index contributed by atoms with van der Waals surface area (Å²) in [6.45, 7) is 1.06. The summed E-state index contributed by atoms with van der Waals surface area (Å²) in [6.07, 6.45) is -4.54. The number of benzene rings is 2. The second kappa shape index (κ2) is 8.85. The van der Waals surface area contributed by atoms with Gasteiger partial charge in [0.05, 0.1) is 22.5 Å². The predicted octanol–water partition coefficient (Wildman–Crippen LogP) is 5.86. The third-order valence-electron chi connectivity index (χ3n) is 3.91. The van der Waals surface area contributed by atoms with Crippen molar-refractivity contribution in [3.63, 3.8) is 0 Å². The van der Waals surface area contributed by atoms with E-state index in [4.69, 9.17) is 16.3 Å². The zero-order chi connectivity index (χ0) is 21.9. The second-order valence-electron chi connectivity index (χ2n) is 6.11. The normalized spacial score (nSPS) is 11.2. The molecule has 5 nitrogen and oxygen atoms in total. The van der Waals surface area contributed by atoms with Gasteiger partial charge in [-0.05, 0) is 42.5 Å². The molecule has 0 bridgehead atoms. The first kappa shape index (κ1) is 21.8. The number of nitrogens with zero attached hydrogens (tertiary/aromatic N) is 2. The molecule has 156 valence electrons. The molecule has 0 aliphatic heterocycles. The number of hydrogen-bond donors (Lipinski definition) is 0. The van der Waals surface area contributed by atoms with Crippen LogP contribution in [0.1, 0.15) is 28.5 Å². The summed E-state index contributed by atoms with van der Waals surface area (Å²) in [5.74, 6) is -1.09. The fourth-order valence-corrected chi connectivity index (χ4v) is 3.52. The van der Waals surface area contributed by atoms with Gasteiger partial charge in [-0.15, -0.1) is 11.3 Å². The van der Waals surface area contributed by atoms with Gasteiger partial charge in [-0.3, -0.25) is 9.69 Å². The Labute approximate surface area is 178 Å². The van der Waals surface area contributed by atoms with E-state index in [-0.39, 0.29) is 17.4 Å². The average molecular weight is 455 g/mol. The number of thiazole rings is 1. The maximum Gasteiger partial charge on any atom is 0.416 e. The summed E-state index contributed by atoms with van der Waals surface area (Å²) in [7, 11) is 0. The molecule has 0 saturated heterocycles. The van der Waals surface area contributed by atoms with Crippen LogP contribution in [0.3, 0.4) is 0 Å². The lowest BCUT2D eigenvalue weighted by molar-refractivity contribution is -0.137. The molecule has 0 fully saturated rings. The Morgan fingerprint density at radius 1 is 1.17 bits per heavy atom. The summed E-state index contributed by atoms with van der Waals surface area (Å²) >= 11 is 6.82.